The smallest absolute Gasteiger partial charge is 0.410 e. The number of sulfonamides is 1. The Morgan fingerprint density at radius 1 is 1.02 bits per heavy atom. The number of ether oxygens (including phenoxy) is 1. The van der Waals surface area contributed by atoms with Crippen LogP contribution in [0.3, 0.4) is 0 Å². The van der Waals surface area contributed by atoms with Crippen LogP contribution < -0.4 is 15.4 Å². The molecule has 5 aliphatic rings. The average Bonchev–Trinajstić information content (AvgIpc) is 3.99. The van der Waals surface area contributed by atoms with Gasteiger partial charge in [-0.25, -0.2) is 31.0 Å². The van der Waals surface area contributed by atoms with Gasteiger partial charge < -0.3 is 20.3 Å². The van der Waals surface area contributed by atoms with E-state index in [-0.39, 0.29) is 37.4 Å². The second-order valence-corrected chi connectivity index (χ2v) is 20.9. The third kappa shape index (κ3) is 8.73. The van der Waals surface area contributed by atoms with Crippen LogP contribution in [0.5, 0.6) is 0 Å². The number of nitrogens with zero attached hydrogens (tertiary/aromatic N) is 3. The summed E-state index contributed by atoms with van der Waals surface area (Å²) < 4.78 is 72.3. The third-order valence-electron chi connectivity index (χ3n) is 11.7. The maximum Gasteiger partial charge on any atom is 0.410 e. The number of fused-ring (bicyclic) bond motifs is 3. The number of hydrogen-bond donors (Lipinski definition) is 3. The second-order valence-electron chi connectivity index (χ2n) is 16.0. The molecule has 5 atom stereocenters. The van der Waals surface area contributed by atoms with E-state index in [0.29, 0.717) is 59.6 Å². The number of thiazole rings is 1. The summed E-state index contributed by atoms with van der Waals surface area (Å²) in [5, 5.41) is 7.65. The molecule has 2 saturated carbocycles. The Morgan fingerprint density at radius 3 is 2.53 bits per heavy atom. The van der Waals surface area contributed by atoms with Crippen LogP contribution in [-0.4, -0.2) is 97.2 Å². The number of nitrogens with one attached hydrogen (secondary N) is 3. The predicted octanol–water partition coefficient (Wildman–Crippen LogP) is 4.26. The van der Waals surface area contributed by atoms with Gasteiger partial charge in [0.05, 0.1) is 28.9 Å². The lowest BCUT2D eigenvalue weighted by Gasteiger charge is -2.29. The Labute approximate surface area is 345 Å². The van der Waals surface area contributed by atoms with Crippen molar-refractivity contribution in [3.8, 4) is 11.3 Å². The SMILES string of the molecule is CS(=O)(=O)c1ccc(-c2csc(N[C@H]3CCCCC/C=C\[C@H]4C[C@]4(C(=O)NS(=O)(=O)C4CC4)NC(=O)[C@@H]4C[C@@H](OC(=O)N5Cc6cccc(F)c6C5)CN4C3=O)n2)cc1. The summed E-state index contributed by atoms with van der Waals surface area (Å²) in [5.41, 5.74) is 0.729. The predicted molar refractivity (Wildman–Crippen MR) is 215 cm³/mol. The molecule has 2 aromatic carbocycles. The third-order valence-corrected chi connectivity index (χ3v) is 15.4. The van der Waals surface area contributed by atoms with Gasteiger partial charge in [-0.3, -0.25) is 24.0 Å². The molecule has 2 aliphatic carbocycles. The molecule has 0 unspecified atom stereocenters. The number of sulfone groups is 1. The highest BCUT2D eigenvalue weighted by molar-refractivity contribution is 7.91. The molecule has 15 nitrogen and oxygen atoms in total. The Kier molecular flexibility index (Phi) is 11.1. The number of anilines is 1. The molecule has 59 heavy (non-hydrogen) atoms. The van der Waals surface area contributed by atoms with Crippen LogP contribution in [0.15, 0.2) is 64.9 Å². The van der Waals surface area contributed by atoms with Crippen LogP contribution in [0.1, 0.15) is 68.9 Å². The van der Waals surface area contributed by atoms with Crippen molar-refractivity contribution in [1.82, 2.24) is 24.8 Å². The van der Waals surface area contributed by atoms with Gasteiger partial charge in [-0.2, -0.15) is 0 Å². The van der Waals surface area contributed by atoms with Crippen LogP contribution in [0.2, 0.25) is 0 Å². The summed E-state index contributed by atoms with van der Waals surface area (Å²) in [6.07, 6.45) is 7.43. The molecule has 4 heterocycles. The molecule has 1 saturated heterocycles. The Balaban J connectivity index is 1.05. The zero-order valence-corrected chi connectivity index (χ0v) is 34.7. The molecule has 3 aromatic rings. The van der Waals surface area contributed by atoms with E-state index in [1.807, 2.05) is 12.2 Å². The largest absolute Gasteiger partial charge is 0.444 e. The molecule has 3 fully saturated rings. The molecule has 8 rings (SSSR count). The lowest BCUT2D eigenvalue weighted by atomic mass is 10.1. The fourth-order valence-corrected chi connectivity index (χ4v) is 10.8. The van der Waals surface area contributed by atoms with Gasteiger partial charge in [0.25, 0.3) is 5.91 Å². The number of benzene rings is 2. The number of halogens is 1. The van der Waals surface area contributed by atoms with Gasteiger partial charge in [0.15, 0.2) is 15.0 Å². The van der Waals surface area contributed by atoms with Crippen LogP contribution in [0.25, 0.3) is 11.3 Å². The number of aromatic nitrogens is 1. The maximum absolute atomic E-state index is 14.7. The van der Waals surface area contributed by atoms with E-state index in [4.69, 9.17) is 4.74 Å². The van der Waals surface area contributed by atoms with E-state index in [9.17, 15) is 40.4 Å². The highest BCUT2D eigenvalue weighted by Gasteiger charge is 2.62. The lowest BCUT2D eigenvalue weighted by molar-refractivity contribution is -0.140. The zero-order chi connectivity index (χ0) is 41.7. The van der Waals surface area contributed by atoms with E-state index >= 15 is 0 Å². The Bertz CT molecular complexity index is 2420. The van der Waals surface area contributed by atoms with Gasteiger partial charge >= 0.3 is 6.09 Å². The first-order valence-electron chi connectivity index (χ1n) is 19.7. The van der Waals surface area contributed by atoms with Crippen LogP contribution in [0, 0.1) is 11.7 Å². The molecule has 0 radical (unpaired) electrons. The van der Waals surface area contributed by atoms with Crippen molar-refractivity contribution in [3.05, 3.63) is 76.9 Å². The molecular formula is C40H45FN6O9S3. The quantitative estimate of drug-likeness (QED) is 0.273. The number of hydrogen-bond acceptors (Lipinski definition) is 12. The maximum atomic E-state index is 14.7. The normalized spacial score (nSPS) is 26.7. The Hall–Kier alpha value is -4.88. The van der Waals surface area contributed by atoms with Crippen molar-refractivity contribution < 1.29 is 45.1 Å². The summed E-state index contributed by atoms with van der Waals surface area (Å²) in [5.74, 6) is -2.88. The molecule has 4 amide bonds. The van der Waals surface area contributed by atoms with Crippen molar-refractivity contribution >= 4 is 60.1 Å². The van der Waals surface area contributed by atoms with Crippen molar-refractivity contribution in [2.24, 2.45) is 5.92 Å². The number of allylic oxidation sites excluding steroid dienone is 1. The minimum atomic E-state index is -3.93. The van der Waals surface area contributed by atoms with E-state index in [1.165, 1.54) is 39.3 Å². The zero-order valence-electron chi connectivity index (χ0n) is 32.3. The second kappa shape index (κ2) is 15.9. The summed E-state index contributed by atoms with van der Waals surface area (Å²) in [6, 6.07) is 8.88. The Morgan fingerprint density at radius 2 is 1.80 bits per heavy atom. The minimum Gasteiger partial charge on any atom is -0.444 e. The number of carbonyl (C=O) groups is 4. The van der Waals surface area contributed by atoms with Gasteiger partial charge in [0.2, 0.25) is 21.8 Å². The van der Waals surface area contributed by atoms with E-state index < -0.39 is 84.4 Å². The highest BCUT2D eigenvalue weighted by Crippen LogP contribution is 2.46. The van der Waals surface area contributed by atoms with Gasteiger partial charge in [-0.05, 0) is 62.3 Å². The van der Waals surface area contributed by atoms with Gasteiger partial charge in [-0.15, -0.1) is 11.3 Å². The minimum absolute atomic E-state index is 0.0000658. The first kappa shape index (κ1) is 40.9. The molecule has 314 valence electrons. The summed E-state index contributed by atoms with van der Waals surface area (Å²) in [4.78, 5) is 63.9. The molecule has 19 heteroatoms. The molecule has 3 N–H and O–H groups in total. The first-order chi connectivity index (χ1) is 28.1. The molecule has 1 aromatic heterocycles. The molecule has 0 bridgehead atoms. The van der Waals surface area contributed by atoms with Gasteiger partial charge in [0, 0.05) is 41.6 Å². The monoisotopic (exact) mass is 868 g/mol. The standard InChI is InChI=1S/C40H45FN6O9S3/c1-58(52,53)28-14-12-24(13-15-28)33-23-57-38(43-33)42-32-11-6-4-2-3-5-9-26-19-40(26,37(50)45-59(54,55)29-16-17-29)44-35(48)34-18-27(21-47(34)36(32)49)56-39(51)46-20-25-8-7-10-31(41)30(25)22-46/h5,7-10,12-15,23,26-27,29,32,34H,2-4,6,11,16-22H2,1H3,(H,42,43)(H,44,48)(H,45,50)/b9-5-/t26-,27+,32-,34-,40-/m0/s1. The summed E-state index contributed by atoms with van der Waals surface area (Å²) in [7, 11) is -7.33. The molecular weight excluding hydrogens is 824 g/mol. The van der Waals surface area contributed by atoms with Crippen LogP contribution >= 0.6 is 11.3 Å². The highest BCUT2D eigenvalue weighted by atomic mass is 32.2. The fraction of sp³-hybridized carbons (Fsp3) is 0.475. The number of rotatable bonds is 8. The number of carbonyl (C=O) groups excluding carboxylic acids is 4. The van der Waals surface area contributed by atoms with E-state index in [2.05, 4.69) is 20.3 Å². The van der Waals surface area contributed by atoms with E-state index in [0.717, 1.165) is 19.1 Å². The van der Waals surface area contributed by atoms with Crippen molar-refractivity contribution in [2.45, 2.75) is 105 Å². The van der Waals surface area contributed by atoms with Crippen LogP contribution in [0.4, 0.5) is 14.3 Å². The fourth-order valence-electron chi connectivity index (χ4n) is 8.07. The van der Waals surface area contributed by atoms with E-state index in [1.54, 1.807) is 29.6 Å². The summed E-state index contributed by atoms with van der Waals surface area (Å²) >= 11 is 1.26. The topological polar surface area (TPSA) is 201 Å². The van der Waals surface area contributed by atoms with Crippen molar-refractivity contribution in [2.75, 3.05) is 18.1 Å². The van der Waals surface area contributed by atoms with Crippen LogP contribution in [-0.2, 0) is 52.1 Å². The van der Waals surface area contributed by atoms with Crippen molar-refractivity contribution in [1.29, 1.82) is 0 Å². The van der Waals surface area contributed by atoms with Crippen molar-refractivity contribution in [3.63, 3.8) is 0 Å². The average molecular weight is 869 g/mol. The number of amides is 4. The first-order valence-corrected chi connectivity index (χ1v) is 24.0. The van der Waals surface area contributed by atoms with Gasteiger partial charge in [0.1, 0.15) is 29.5 Å². The summed E-state index contributed by atoms with van der Waals surface area (Å²) in [6.45, 7) is -0.0183. The van der Waals surface area contributed by atoms with Gasteiger partial charge in [-0.1, -0.05) is 49.3 Å². The molecule has 3 aliphatic heterocycles. The molecule has 0 spiro atoms. The lowest BCUT2D eigenvalue weighted by Crippen LogP contribution is -2.57.